The van der Waals surface area contributed by atoms with E-state index in [9.17, 15) is 0 Å². The summed E-state index contributed by atoms with van der Waals surface area (Å²) in [6.07, 6.45) is 0.988. The smallest absolute Gasteiger partial charge is 0.228 e. The lowest BCUT2D eigenvalue weighted by Gasteiger charge is -2.27. The zero-order chi connectivity index (χ0) is 11.0. The van der Waals surface area contributed by atoms with Crippen molar-refractivity contribution >= 4 is 29.3 Å². The minimum Gasteiger partial charge on any atom is -0.378 e. The zero-order valence-corrected chi connectivity index (χ0v) is 10.4. The normalized spacial score (nSPS) is 19.9. The molecule has 1 fully saturated rings. The van der Waals surface area contributed by atoms with Crippen LogP contribution < -0.4 is 4.90 Å². The average Bonchev–Trinajstić information content (AvgIpc) is 2.79. The van der Waals surface area contributed by atoms with Gasteiger partial charge in [0.25, 0.3) is 0 Å². The Morgan fingerprint density at radius 3 is 2.88 bits per heavy atom. The van der Waals surface area contributed by atoms with Crippen LogP contribution in [-0.4, -0.2) is 42.0 Å². The van der Waals surface area contributed by atoms with Gasteiger partial charge in [-0.05, 0) is 6.42 Å². The summed E-state index contributed by atoms with van der Waals surface area (Å²) in [6, 6.07) is 0. The number of thioether (sulfide) groups is 1. The van der Waals surface area contributed by atoms with Crippen LogP contribution in [0.3, 0.4) is 0 Å². The molecule has 1 aromatic rings. The second kappa shape index (κ2) is 4.39. The van der Waals surface area contributed by atoms with Gasteiger partial charge in [0, 0.05) is 24.4 Å². The van der Waals surface area contributed by atoms with E-state index in [4.69, 9.17) is 16.3 Å². The third-order valence-electron chi connectivity index (χ3n) is 2.79. The summed E-state index contributed by atoms with van der Waals surface area (Å²) in [5.41, 5.74) is 1.11. The van der Waals surface area contributed by atoms with E-state index < -0.39 is 0 Å². The average molecular weight is 258 g/mol. The number of anilines is 1. The fourth-order valence-corrected chi connectivity index (χ4v) is 3.25. The fourth-order valence-electron chi connectivity index (χ4n) is 1.91. The van der Waals surface area contributed by atoms with Gasteiger partial charge < -0.3 is 9.64 Å². The van der Waals surface area contributed by atoms with E-state index >= 15 is 0 Å². The Morgan fingerprint density at radius 2 is 2.06 bits per heavy atom. The molecule has 0 N–H and O–H groups in total. The quantitative estimate of drug-likeness (QED) is 0.715. The first-order chi connectivity index (χ1) is 7.84. The molecule has 16 heavy (non-hydrogen) atoms. The minimum atomic E-state index is 0.622. The maximum absolute atomic E-state index is 6.17. The highest BCUT2D eigenvalue weighted by molar-refractivity contribution is 7.99. The molecule has 0 unspecified atom stereocenters. The summed E-state index contributed by atoms with van der Waals surface area (Å²) in [5, 5.41) is 1.68. The van der Waals surface area contributed by atoms with Gasteiger partial charge in [-0.15, -0.1) is 11.8 Å². The highest BCUT2D eigenvalue weighted by atomic mass is 35.5. The number of aromatic nitrogens is 2. The van der Waals surface area contributed by atoms with Crippen LogP contribution in [0, 0.1) is 0 Å². The molecule has 86 valence electrons. The summed E-state index contributed by atoms with van der Waals surface area (Å²) in [7, 11) is 0. The lowest BCUT2D eigenvalue weighted by Crippen LogP contribution is -2.37. The number of fused-ring (bicyclic) bond motifs is 1. The lowest BCUT2D eigenvalue weighted by atomic mass is 10.3. The standard InChI is InChI=1S/C10H12ClN3OS/c11-8-7-1-6-16-9(7)13-10(12-8)14-2-4-15-5-3-14/h1-6H2. The Morgan fingerprint density at radius 1 is 1.25 bits per heavy atom. The number of hydrogen-bond acceptors (Lipinski definition) is 5. The minimum absolute atomic E-state index is 0.622. The van der Waals surface area contributed by atoms with Crippen LogP contribution in [0.1, 0.15) is 5.56 Å². The summed E-state index contributed by atoms with van der Waals surface area (Å²) in [4.78, 5) is 11.1. The molecule has 4 nitrogen and oxygen atoms in total. The first-order valence-electron chi connectivity index (χ1n) is 5.36. The van der Waals surface area contributed by atoms with Gasteiger partial charge >= 0.3 is 0 Å². The van der Waals surface area contributed by atoms with Crippen LogP contribution in [-0.2, 0) is 11.2 Å². The van der Waals surface area contributed by atoms with Crippen molar-refractivity contribution in [3.05, 3.63) is 10.7 Å². The number of halogens is 1. The molecule has 0 aliphatic carbocycles. The molecule has 0 bridgehead atoms. The lowest BCUT2D eigenvalue weighted by molar-refractivity contribution is 0.122. The summed E-state index contributed by atoms with van der Waals surface area (Å²) >= 11 is 7.94. The van der Waals surface area contributed by atoms with E-state index in [1.165, 1.54) is 0 Å². The largest absolute Gasteiger partial charge is 0.378 e. The third kappa shape index (κ3) is 1.87. The topological polar surface area (TPSA) is 38.2 Å². The van der Waals surface area contributed by atoms with Crippen molar-refractivity contribution in [1.29, 1.82) is 0 Å². The van der Waals surface area contributed by atoms with Crippen molar-refractivity contribution in [2.24, 2.45) is 0 Å². The molecule has 0 aromatic carbocycles. The van der Waals surface area contributed by atoms with E-state index in [0.29, 0.717) is 5.15 Å². The second-order valence-corrected chi connectivity index (χ2v) is 5.24. The van der Waals surface area contributed by atoms with Crippen LogP contribution in [0.25, 0.3) is 0 Å². The summed E-state index contributed by atoms with van der Waals surface area (Å²) < 4.78 is 5.31. The molecule has 3 heterocycles. The van der Waals surface area contributed by atoms with Crippen molar-refractivity contribution in [2.45, 2.75) is 11.4 Å². The van der Waals surface area contributed by atoms with Crippen molar-refractivity contribution in [3.8, 4) is 0 Å². The molecule has 0 atom stereocenters. The van der Waals surface area contributed by atoms with E-state index in [1.54, 1.807) is 11.8 Å². The Balaban J connectivity index is 1.92. The molecule has 0 saturated carbocycles. The highest BCUT2D eigenvalue weighted by Crippen LogP contribution is 2.34. The highest BCUT2D eigenvalue weighted by Gasteiger charge is 2.22. The SMILES string of the molecule is Clc1nc(N2CCOCC2)nc2c1CCS2. The molecule has 0 spiro atoms. The van der Waals surface area contributed by atoms with Gasteiger partial charge in [0.2, 0.25) is 5.95 Å². The van der Waals surface area contributed by atoms with Crippen LogP contribution >= 0.6 is 23.4 Å². The van der Waals surface area contributed by atoms with Gasteiger partial charge in [-0.3, -0.25) is 0 Å². The number of nitrogens with zero attached hydrogens (tertiary/aromatic N) is 3. The van der Waals surface area contributed by atoms with E-state index in [2.05, 4.69) is 14.9 Å². The Labute approximate surface area is 103 Å². The number of hydrogen-bond donors (Lipinski definition) is 0. The van der Waals surface area contributed by atoms with Crippen molar-refractivity contribution in [1.82, 2.24) is 9.97 Å². The van der Waals surface area contributed by atoms with E-state index in [1.807, 2.05) is 0 Å². The number of morpholine rings is 1. The molecule has 1 aromatic heterocycles. The van der Waals surface area contributed by atoms with Crippen LogP contribution in [0.2, 0.25) is 5.15 Å². The van der Waals surface area contributed by atoms with Crippen molar-refractivity contribution in [2.75, 3.05) is 37.0 Å². The number of ether oxygens (including phenoxy) is 1. The van der Waals surface area contributed by atoms with Crippen LogP contribution in [0.15, 0.2) is 5.03 Å². The summed E-state index contributed by atoms with van der Waals surface area (Å²) in [5.74, 6) is 1.82. The zero-order valence-electron chi connectivity index (χ0n) is 8.78. The predicted octanol–water partition coefficient (Wildman–Crippen LogP) is 1.61. The van der Waals surface area contributed by atoms with Gasteiger partial charge in [0.05, 0.1) is 13.2 Å². The number of rotatable bonds is 1. The van der Waals surface area contributed by atoms with Gasteiger partial charge in [-0.25, -0.2) is 9.97 Å². The Bertz CT molecular complexity index is 409. The molecular formula is C10H12ClN3OS. The monoisotopic (exact) mass is 257 g/mol. The second-order valence-electron chi connectivity index (χ2n) is 3.80. The van der Waals surface area contributed by atoms with Gasteiger partial charge in [-0.1, -0.05) is 11.6 Å². The van der Waals surface area contributed by atoms with E-state index in [0.717, 1.165) is 55.0 Å². The maximum Gasteiger partial charge on any atom is 0.228 e. The van der Waals surface area contributed by atoms with Gasteiger partial charge in [-0.2, -0.15) is 0 Å². The molecule has 0 amide bonds. The molecule has 1 saturated heterocycles. The predicted molar refractivity (Wildman–Crippen MR) is 64.5 cm³/mol. The molecular weight excluding hydrogens is 246 g/mol. The van der Waals surface area contributed by atoms with Crippen molar-refractivity contribution in [3.63, 3.8) is 0 Å². The molecule has 6 heteroatoms. The first kappa shape index (κ1) is 10.6. The molecule has 0 radical (unpaired) electrons. The maximum atomic E-state index is 6.17. The first-order valence-corrected chi connectivity index (χ1v) is 6.73. The van der Waals surface area contributed by atoms with Crippen LogP contribution in [0.4, 0.5) is 5.95 Å². The molecule has 2 aliphatic rings. The van der Waals surface area contributed by atoms with Gasteiger partial charge in [0.1, 0.15) is 10.2 Å². The molecule has 3 rings (SSSR count). The van der Waals surface area contributed by atoms with E-state index in [-0.39, 0.29) is 0 Å². The summed E-state index contributed by atoms with van der Waals surface area (Å²) in [6.45, 7) is 3.18. The molecule has 2 aliphatic heterocycles. The van der Waals surface area contributed by atoms with Gasteiger partial charge in [0.15, 0.2) is 0 Å². The Hall–Kier alpha value is -0.520. The van der Waals surface area contributed by atoms with Crippen molar-refractivity contribution < 1.29 is 4.74 Å². The van der Waals surface area contributed by atoms with Crippen LogP contribution in [0.5, 0.6) is 0 Å². The third-order valence-corrected chi connectivity index (χ3v) is 4.12. The Kier molecular flexibility index (Phi) is 2.91. The fraction of sp³-hybridized carbons (Fsp3) is 0.600.